The third kappa shape index (κ3) is 3.34. The van der Waals surface area contributed by atoms with Crippen LogP contribution in [0.3, 0.4) is 0 Å². The van der Waals surface area contributed by atoms with Crippen molar-refractivity contribution in [3.63, 3.8) is 0 Å². The Morgan fingerprint density at radius 3 is 3.04 bits per heavy atom. The molecule has 27 heavy (non-hydrogen) atoms. The summed E-state index contributed by atoms with van der Waals surface area (Å²) in [6.07, 6.45) is 8.28. The Morgan fingerprint density at radius 2 is 2.15 bits per heavy atom. The van der Waals surface area contributed by atoms with Crippen molar-refractivity contribution in [3.8, 4) is 16.3 Å². The lowest BCUT2D eigenvalue weighted by Gasteiger charge is -2.08. The lowest BCUT2D eigenvalue weighted by atomic mass is 10.1. The highest BCUT2D eigenvalue weighted by atomic mass is 32.1. The molecule has 1 saturated carbocycles. The number of nitrogens with zero attached hydrogens (tertiary/aromatic N) is 3. The second-order valence-corrected chi connectivity index (χ2v) is 8.45. The molecule has 1 aliphatic carbocycles. The molecule has 0 spiro atoms. The van der Waals surface area contributed by atoms with Gasteiger partial charge >= 0.3 is 0 Å². The number of aromatic nitrogens is 3. The molecule has 3 aromatic rings. The highest BCUT2D eigenvalue weighted by Gasteiger charge is 2.19. The maximum Gasteiger partial charge on any atom is 0.183 e. The zero-order valence-electron chi connectivity index (χ0n) is 15.6. The van der Waals surface area contributed by atoms with E-state index in [4.69, 9.17) is 14.8 Å². The molecule has 5 rings (SSSR count). The Morgan fingerprint density at radius 1 is 1.26 bits per heavy atom. The number of hydrogen-bond donors (Lipinski definition) is 1. The van der Waals surface area contributed by atoms with Crippen molar-refractivity contribution in [1.29, 1.82) is 0 Å². The van der Waals surface area contributed by atoms with Crippen molar-refractivity contribution in [3.05, 3.63) is 47.3 Å². The Bertz CT molecular complexity index is 955. The zero-order chi connectivity index (χ0) is 18.2. The molecule has 0 atom stereocenters. The molecule has 1 fully saturated rings. The molecule has 3 heterocycles. The summed E-state index contributed by atoms with van der Waals surface area (Å²) in [5, 5.41) is 9.27. The van der Waals surface area contributed by atoms with Crippen molar-refractivity contribution in [2.24, 2.45) is 0 Å². The fourth-order valence-electron chi connectivity index (χ4n) is 4.07. The number of nitrogens with one attached hydrogen (secondary N) is 1. The number of fused-ring (bicyclic) bond motifs is 1. The molecule has 1 N–H and O–H groups in total. The van der Waals surface area contributed by atoms with Crippen LogP contribution >= 0.6 is 11.3 Å². The minimum Gasteiger partial charge on any atom is -0.493 e. The highest BCUT2D eigenvalue weighted by molar-refractivity contribution is 7.19. The van der Waals surface area contributed by atoms with Gasteiger partial charge in [-0.1, -0.05) is 36.3 Å². The van der Waals surface area contributed by atoms with E-state index in [2.05, 4.69) is 47.4 Å². The van der Waals surface area contributed by atoms with Crippen LogP contribution in [0.25, 0.3) is 10.6 Å². The molecule has 0 amide bonds. The predicted octanol–water partition coefficient (Wildman–Crippen LogP) is 4.98. The monoisotopic (exact) mass is 380 g/mol. The normalized spacial score (nSPS) is 16.5. The van der Waals surface area contributed by atoms with Gasteiger partial charge in [-0.25, -0.2) is 4.98 Å². The van der Waals surface area contributed by atoms with Crippen molar-refractivity contribution in [1.82, 2.24) is 14.8 Å². The maximum atomic E-state index is 5.58. The Labute approximate surface area is 163 Å². The van der Waals surface area contributed by atoms with Crippen LogP contribution < -0.4 is 10.1 Å². The number of rotatable bonds is 5. The van der Waals surface area contributed by atoms with Gasteiger partial charge in [0.05, 0.1) is 23.2 Å². The second kappa shape index (κ2) is 7.00. The van der Waals surface area contributed by atoms with E-state index in [1.807, 2.05) is 0 Å². The Hall–Kier alpha value is -2.34. The molecule has 2 aromatic heterocycles. The Balaban J connectivity index is 1.29. The molecule has 0 radical (unpaired) electrons. The fraction of sp³-hybridized carbons (Fsp3) is 0.429. The van der Waals surface area contributed by atoms with Gasteiger partial charge in [-0.2, -0.15) is 5.10 Å². The van der Waals surface area contributed by atoms with Crippen LogP contribution in [0.5, 0.6) is 5.75 Å². The van der Waals surface area contributed by atoms with Crippen LogP contribution in [0, 0.1) is 6.92 Å². The van der Waals surface area contributed by atoms with Gasteiger partial charge in [0.1, 0.15) is 11.4 Å². The lowest BCUT2D eigenvalue weighted by Crippen LogP contribution is -2.04. The van der Waals surface area contributed by atoms with Gasteiger partial charge in [-0.3, -0.25) is 4.68 Å². The summed E-state index contributed by atoms with van der Waals surface area (Å²) >= 11 is 1.69. The van der Waals surface area contributed by atoms with Crippen LogP contribution in [-0.4, -0.2) is 21.4 Å². The molecule has 0 saturated heterocycles. The van der Waals surface area contributed by atoms with Gasteiger partial charge in [-0.05, 0) is 43.0 Å². The van der Waals surface area contributed by atoms with Crippen LogP contribution in [0.2, 0.25) is 0 Å². The number of aryl methyl sites for hydroxylation is 1. The summed E-state index contributed by atoms with van der Waals surface area (Å²) in [5.41, 5.74) is 4.66. The van der Waals surface area contributed by atoms with Crippen LogP contribution in [0.15, 0.2) is 30.5 Å². The van der Waals surface area contributed by atoms with E-state index >= 15 is 0 Å². The largest absolute Gasteiger partial charge is 0.493 e. The van der Waals surface area contributed by atoms with Crippen LogP contribution in [0.4, 0.5) is 5.13 Å². The van der Waals surface area contributed by atoms with Gasteiger partial charge in [0.2, 0.25) is 0 Å². The molecule has 2 aliphatic rings. The van der Waals surface area contributed by atoms with Crippen molar-refractivity contribution in [2.45, 2.75) is 51.6 Å². The smallest absolute Gasteiger partial charge is 0.183 e. The first-order valence-electron chi connectivity index (χ1n) is 9.78. The average Bonchev–Trinajstić information content (AvgIpc) is 3.44. The zero-order valence-corrected chi connectivity index (χ0v) is 16.4. The van der Waals surface area contributed by atoms with E-state index in [9.17, 15) is 0 Å². The van der Waals surface area contributed by atoms with Crippen molar-refractivity contribution < 1.29 is 4.74 Å². The minimum atomic E-state index is 0.577. The third-order valence-electron chi connectivity index (χ3n) is 5.53. The van der Waals surface area contributed by atoms with E-state index in [-0.39, 0.29) is 0 Å². The summed E-state index contributed by atoms with van der Waals surface area (Å²) in [7, 11) is 0. The summed E-state index contributed by atoms with van der Waals surface area (Å²) < 4.78 is 7.74. The SMILES string of the molecule is Cc1nc(NCc2ccc3c(c2)CCO3)sc1-c1ccn(C2CCCC2)n1. The molecular formula is C21H24N4OS. The van der Waals surface area contributed by atoms with Crippen molar-refractivity contribution >= 4 is 16.5 Å². The lowest BCUT2D eigenvalue weighted by molar-refractivity contribution is 0.357. The maximum absolute atomic E-state index is 5.58. The topological polar surface area (TPSA) is 52.0 Å². The average molecular weight is 381 g/mol. The van der Waals surface area contributed by atoms with Gasteiger partial charge in [-0.15, -0.1) is 0 Å². The molecule has 140 valence electrons. The van der Waals surface area contributed by atoms with Crippen LogP contribution in [0.1, 0.15) is 48.5 Å². The van der Waals surface area contributed by atoms with Gasteiger partial charge in [0, 0.05) is 19.2 Å². The molecular weight excluding hydrogens is 356 g/mol. The van der Waals surface area contributed by atoms with E-state index in [0.29, 0.717) is 6.04 Å². The minimum absolute atomic E-state index is 0.577. The Kier molecular flexibility index (Phi) is 4.36. The molecule has 0 bridgehead atoms. The van der Waals surface area contributed by atoms with E-state index in [1.165, 1.54) is 36.8 Å². The van der Waals surface area contributed by atoms with Gasteiger partial charge < -0.3 is 10.1 Å². The van der Waals surface area contributed by atoms with E-state index < -0.39 is 0 Å². The summed E-state index contributed by atoms with van der Waals surface area (Å²) in [6.45, 7) is 3.64. The third-order valence-corrected chi connectivity index (χ3v) is 6.67. The fourth-order valence-corrected chi connectivity index (χ4v) is 5.00. The standard InChI is InChI=1S/C21H24N4OS/c1-14-20(18-8-10-25(24-18)17-4-2-3-5-17)27-21(23-14)22-13-15-6-7-19-16(12-15)9-11-26-19/h6-8,10,12,17H,2-5,9,11,13H2,1H3,(H,22,23). The summed E-state index contributed by atoms with van der Waals surface area (Å²) in [6, 6.07) is 9.15. The first-order chi connectivity index (χ1) is 13.3. The number of thiazole rings is 1. The first-order valence-corrected chi connectivity index (χ1v) is 10.6. The molecule has 6 heteroatoms. The number of benzene rings is 1. The number of ether oxygens (including phenoxy) is 1. The molecule has 0 unspecified atom stereocenters. The van der Waals surface area contributed by atoms with Gasteiger partial charge in [0.15, 0.2) is 5.13 Å². The van der Waals surface area contributed by atoms with Crippen LogP contribution in [-0.2, 0) is 13.0 Å². The molecule has 1 aliphatic heterocycles. The number of hydrogen-bond acceptors (Lipinski definition) is 5. The molecule has 5 nitrogen and oxygen atoms in total. The predicted molar refractivity (Wildman–Crippen MR) is 109 cm³/mol. The highest BCUT2D eigenvalue weighted by Crippen LogP contribution is 2.34. The van der Waals surface area contributed by atoms with Crippen molar-refractivity contribution in [2.75, 3.05) is 11.9 Å². The molecule has 1 aromatic carbocycles. The quantitative estimate of drug-likeness (QED) is 0.678. The summed E-state index contributed by atoms with van der Waals surface area (Å²) in [5.74, 6) is 1.03. The number of anilines is 1. The van der Waals surface area contributed by atoms with Gasteiger partial charge in [0.25, 0.3) is 0 Å². The van der Waals surface area contributed by atoms with E-state index in [1.54, 1.807) is 11.3 Å². The summed E-state index contributed by atoms with van der Waals surface area (Å²) in [4.78, 5) is 5.88. The first kappa shape index (κ1) is 16.8. The second-order valence-electron chi connectivity index (χ2n) is 7.45. The van der Waals surface area contributed by atoms with E-state index in [0.717, 1.165) is 46.7 Å².